The van der Waals surface area contributed by atoms with Gasteiger partial charge < -0.3 is 29.2 Å². The van der Waals surface area contributed by atoms with Crippen molar-refractivity contribution in [3.63, 3.8) is 0 Å². The number of amides is 2. The van der Waals surface area contributed by atoms with Crippen molar-refractivity contribution in [3.8, 4) is 11.5 Å². The fraction of sp³-hybridized carbons (Fsp3) is 0.529. The summed E-state index contributed by atoms with van der Waals surface area (Å²) in [5.74, 6) is 0.691. The van der Waals surface area contributed by atoms with Crippen LogP contribution >= 0.6 is 0 Å². The van der Waals surface area contributed by atoms with E-state index in [1.165, 1.54) is 7.11 Å². The molecule has 25 heavy (non-hydrogen) atoms. The summed E-state index contributed by atoms with van der Waals surface area (Å²) >= 11 is 0. The number of morpholine rings is 2. The Bertz CT molecular complexity index is 644. The number of benzene rings is 1. The monoisotopic (exact) mass is 350 g/mol. The first-order valence-electron chi connectivity index (χ1n) is 8.13. The van der Waals surface area contributed by atoms with E-state index in [1.54, 1.807) is 30.2 Å². The first kappa shape index (κ1) is 17.5. The van der Waals surface area contributed by atoms with Gasteiger partial charge in [0.15, 0.2) is 17.6 Å². The van der Waals surface area contributed by atoms with Crippen molar-refractivity contribution in [3.05, 3.63) is 23.8 Å². The Morgan fingerprint density at radius 1 is 1.20 bits per heavy atom. The fourth-order valence-corrected chi connectivity index (χ4v) is 3.03. The summed E-state index contributed by atoms with van der Waals surface area (Å²) in [6, 6.07) is 4.69. The molecule has 2 atom stereocenters. The lowest BCUT2D eigenvalue weighted by Crippen LogP contribution is -2.55. The Morgan fingerprint density at radius 2 is 1.92 bits per heavy atom. The summed E-state index contributed by atoms with van der Waals surface area (Å²) < 4.78 is 21.4. The van der Waals surface area contributed by atoms with Crippen molar-refractivity contribution in [1.82, 2.24) is 10.2 Å². The summed E-state index contributed by atoms with van der Waals surface area (Å²) in [4.78, 5) is 26.4. The summed E-state index contributed by atoms with van der Waals surface area (Å²) in [5.41, 5.74) is 0.720. The Morgan fingerprint density at radius 3 is 2.60 bits per heavy atom. The highest BCUT2D eigenvalue weighted by Crippen LogP contribution is 2.33. The van der Waals surface area contributed by atoms with Gasteiger partial charge >= 0.3 is 0 Å². The second-order valence-corrected chi connectivity index (χ2v) is 5.83. The van der Waals surface area contributed by atoms with Crippen molar-refractivity contribution in [2.75, 3.05) is 47.1 Å². The van der Waals surface area contributed by atoms with Gasteiger partial charge in [0.1, 0.15) is 6.61 Å². The Balaban J connectivity index is 1.87. The first-order valence-corrected chi connectivity index (χ1v) is 8.13. The van der Waals surface area contributed by atoms with Crippen LogP contribution in [0.3, 0.4) is 0 Å². The normalized spacial score (nSPS) is 23.8. The van der Waals surface area contributed by atoms with Crippen LogP contribution in [0.4, 0.5) is 0 Å². The highest BCUT2D eigenvalue weighted by atomic mass is 16.5. The second kappa shape index (κ2) is 7.71. The molecule has 3 rings (SSSR count). The van der Waals surface area contributed by atoms with Gasteiger partial charge in [-0.3, -0.25) is 9.59 Å². The molecule has 2 aliphatic heterocycles. The number of methoxy groups -OCH3 is 2. The summed E-state index contributed by atoms with van der Waals surface area (Å²) in [5, 5.41) is 2.85. The molecule has 0 aromatic heterocycles. The summed E-state index contributed by atoms with van der Waals surface area (Å²) in [7, 11) is 3.09. The van der Waals surface area contributed by atoms with E-state index >= 15 is 0 Å². The predicted molar refractivity (Wildman–Crippen MR) is 87.6 cm³/mol. The minimum atomic E-state index is -0.783. The van der Waals surface area contributed by atoms with Crippen LogP contribution in [0.25, 0.3) is 0 Å². The van der Waals surface area contributed by atoms with Gasteiger partial charge in [0.2, 0.25) is 5.91 Å². The zero-order chi connectivity index (χ0) is 17.8. The fourth-order valence-electron chi connectivity index (χ4n) is 3.03. The van der Waals surface area contributed by atoms with E-state index < -0.39 is 12.1 Å². The number of nitrogens with one attached hydrogen (secondary N) is 1. The van der Waals surface area contributed by atoms with E-state index in [4.69, 9.17) is 18.9 Å². The molecule has 1 aromatic carbocycles. The zero-order valence-electron chi connectivity index (χ0n) is 14.3. The zero-order valence-corrected chi connectivity index (χ0v) is 14.3. The number of rotatable bonds is 4. The summed E-state index contributed by atoms with van der Waals surface area (Å²) in [6.07, 6.45) is -0.783. The third kappa shape index (κ3) is 3.69. The molecule has 0 saturated carbocycles. The van der Waals surface area contributed by atoms with E-state index in [-0.39, 0.29) is 18.4 Å². The maximum absolute atomic E-state index is 12.9. The lowest BCUT2D eigenvalue weighted by Gasteiger charge is -2.36. The van der Waals surface area contributed by atoms with Crippen LogP contribution < -0.4 is 14.8 Å². The van der Waals surface area contributed by atoms with E-state index in [0.717, 1.165) is 5.56 Å². The van der Waals surface area contributed by atoms with Crippen molar-refractivity contribution in [2.45, 2.75) is 12.1 Å². The molecule has 2 saturated heterocycles. The standard InChI is InChI=1S/C17H22N2O6/c1-22-12-4-3-11(9-13(12)23-2)15-16(25-10-14(20)18-15)17(21)19-5-7-24-8-6-19/h3-4,9,15-16H,5-8,10H2,1-2H3,(H,18,20)/t15-,16+/m1/s1. The largest absolute Gasteiger partial charge is 0.493 e. The highest BCUT2D eigenvalue weighted by molar-refractivity contribution is 5.86. The molecule has 0 radical (unpaired) electrons. The van der Waals surface area contributed by atoms with E-state index in [9.17, 15) is 9.59 Å². The SMILES string of the molecule is COc1ccc([C@H]2NC(=O)CO[C@@H]2C(=O)N2CCOCC2)cc1OC. The molecule has 1 aromatic rings. The number of hydrogen-bond acceptors (Lipinski definition) is 6. The van der Waals surface area contributed by atoms with Gasteiger partial charge in [0.05, 0.1) is 33.5 Å². The van der Waals surface area contributed by atoms with Crippen LogP contribution in [0.2, 0.25) is 0 Å². The topological polar surface area (TPSA) is 86.3 Å². The smallest absolute Gasteiger partial charge is 0.254 e. The molecular formula is C17H22N2O6. The van der Waals surface area contributed by atoms with Gasteiger partial charge in [-0.15, -0.1) is 0 Å². The minimum Gasteiger partial charge on any atom is -0.493 e. The summed E-state index contributed by atoms with van der Waals surface area (Å²) in [6.45, 7) is 1.92. The molecule has 2 aliphatic rings. The molecule has 0 spiro atoms. The highest BCUT2D eigenvalue weighted by Gasteiger charge is 2.39. The first-order chi connectivity index (χ1) is 12.1. The molecule has 2 amide bonds. The molecule has 8 heteroatoms. The third-order valence-corrected chi connectivity index (χ3v) is 4.35. The average Bonchev–Trinajstić information content (AvgIpc) is 2.67. The van der Waals surface area contributed by atoms with Crippen molar-refractivity contribution in [1.29, 1.82) is 0 Å². The van der Waals surface area contributed by atoms with Crippen LogP contribution in [0.1, 0.15) is 11.6 Å². The van der Waals surface area contributed by atoms with Gasteiger partial charge in [0.25, 0.3) is 5.91 Å². The number of ether oxygens (including phenoxy) is 4. The lowest BCUT2D eigenvalue weighted by atomic mass is 9.98. The van der Waals surface area contributed by atoms with Crippen LogP contribution in [-0.4, -0.2) is 69.9 Å². The molecule has 2 heterocycles. The van der Waals surface area contributed by atoms with Gasteiger partial charge in [-0.1, -0.05) is 6.07 Å². The van der Waals surface area contributed by atoms with E-state index in [0.29, 0.717) is 37.8 Å². The van der Waals surface area contributed by atoms with Crippen molar-refractivity contribution in [2.24, 2.45) is 0 Å². The maximum Gasteiger partial charge on any atom is 0.254 e. The average molecular weight is 350 g/mol. The molecule has 0 unspecified atom stereocenters. The Labute approximate surface area is 146 Å². The van der Waals surface area contributed by atoms with Crippen LogP contribution in [0.5, 0.6) is 11.5 Å². The molecular weight excluding hydrogens is 328 g/mol. The van der Waals surface area contributed by atoms with E-state index in [1.807, 2.05) is 0 Å². The van der Waals surface area contributed by atoms with Gasteiger partial charge in [-0.2, -0.15) is 0 Å². The van der Waals surface area contributed by atoms with Crippen molar-refractivity contribution >= 4 is 11.8 Å². The van der Waals surface area contributed by atoms with Gasteiger partial charge in [0, 0.05) is 13.1 Å². The number of nitrogens with zero attached hydrogens (tertiary/aromatic N) is 1. The third-order valence-electron chi connectivity index (χ3n) is 4.35. The number of hydrogen-bond donors (Lipinski definition) is 1. The maximum atomic E-state index is 12.9. The van der Waals surface area contributed by atoms with E-state index in [2.05, 4.69) is 5.32 Å². The van der Waals surface area contributed by atoms with Gasteiger partial charge in [-0.05, 0) is 17.7 Å². The van der Waals surface area contributed by atoms with Crippen LogP contribution in [0.15, 0.2) is 18.2 Å². The molecule has 136 valence electrons. The van der Waals surface area contributed by atoms with Crippen LogP contribution in [-0.2, 0) is 19.1 Å². The molecule has 8 nitrogen and oxygen atoms in total. The minimum absolute atomic E-state index is 0.134. The Kier molecular flexibility index (Phi) is 5.40. The predicted octanol–water partition coefficient (Wildman–Crippen LogP) is 0.119. The van der Waals surface area contributed by atoms with Crippen molar-refractivity contribution < 1.29 is 28.5 Å². The van der Waals surface area contributed by atoms with Crippen LogP contribution in [0, 0.1) is 0 Å². The quantitative estimate of drug-likeness (QED) is 0.830. The number of carbonyl (C=O) groups excluding carboxylic acids is 2. The molecule has 0 bridgehead atoms. The van der Waals surface area contributed by atoms with Gasteiger partial charge in [-0.25, -0.2) is 0 Å². The molecule has 2 fully saturated rings. The second-order valence-electron chi connectivity index (χ2n) is 5.83. The lowest BCUT2D eigenvalue weighted by molar-refractivity contribution is -0.158. The Hall–Kier alpha value is -2.32. The number of carbonyl (C=O) groups is 2. The molecule has 0 aliphatic carbocycles. The molecule has 1 N–H and O–H groups in total.